The van der Waals surface area contributed by atoms with Crippen LogP contribution in [0, 0.1) is 0 Å². The number of methoxy groups -OCH3 is 2. The van der Waals surface area contributed by atoms with Gasteiger partial charge in [0.25, 0.3) is 0 Å². The Morgan fingerprint density at radius 1 is 0.892 bits per heavy atom. The van der Waals surface area contributed by atoms with Crippen LogP contribution in [0.15, 0.2) is 66.7 Å². The van der Waals surface area contributed by atoms with Gasteiger partial charge in [-0.1, -0.05) is 74.2 Å². The van der Waals surface area contributed by atoms with Gasteiger partial charge < -0.3 is 18.9 Å². The Hall–Kier alpha value is -3.39. The Kier molecular flexibility index (Phi) is 8.81. The molecule has 0 atom stereocenters. The van der Waals surface area contributed by atoms with Crippen molar-refractivity contribution < 1.29 is 18.9 Å². The van der Waals surface area contributed by atoms with Crippen molar-refractivity contribution >= 4 is 31.1 Å². The first-order chi connectivity index (χ1) is 17.9. The van der Waals surface area contributed by atoms with E-state index in [-0.39, 0.29) is 6.79 Å². The molecule has 0 aliphatic carbocycles. The first-order valence-electron chi connectivity index (χ1n) is 12.5. The van der Waals surface area contributed by atoms with Gasteiger partial charge in [0.2, 0.25) is 0 Å². The van der Waals surface area contributed by atoms with Crippen molar-refractivity contribution in [2.24, 2.45) is 0 Å². The van der Waals surface area contributed by atoms with Crippen LogP contribution in [0.3, 0.4) is 0 Å². The third-order valence-corrected chi connectivity index (χ3v) is 7.76. The third-order valence-electron chi connectivity index (χ3n) is 6.06. The van der Waals surface area contributed by atoms with E-state index in [1.165, 1.54) is 0 Å². The van der Waals surface area contributed by atoms with Crippen molar-refractivity contribution in [3.8, 4) is 22.6 Å². The Labute approximate surface area is 220 Å². The van der Waals surface area contributed by atoms with E-state index in [2.05, 4.69) is 62.1 Å². The van der Waals surface area contributed by atoms with E-state index in [1.807, 2.05) is 41.1 Å². The predicted molar refractivity (Wildman–Crippen MR) is 154 cm³/mol. The van der Waals surface area contributed by atoms with Crippen LogP contribution in [0.1, 0.15) is 11.3 Å². The quantitative estimate of drug-likeness (QED) is 0.113. The van der Waals surface area contributed by atoms with E-state index < -0.39 is 8.07 Å². The van der Waals surface area contributed by atoms with Gasteiger partial charge in [-0.05, 0) is 47.0 Å². The second-order valence-corrected chi connectivity index (χ2v) is 15.7. The molecule has 0 N–H and O–H groups in total. The fourth-order valence-electron chi connectivity index (χ4n) is 4.06. The Morgan fingerprint density at radius 2 is 1.70 bits per heavy atom. The lowest BCUT2D eigenvalue weighted by molar-refractivity contribution is 0.0492. The second-order valence-electron chi connectivity index (χ2n) is 10.1. The normalized spacial score (nSPS) is 11.9. The zero-order chi connectivity index (χ0) is 26.3. The highest BCUT2D eigenvalue weighted by Crippen LogP contribution is 2.37. The summed E-state index contributed by atoms with van der Waals surface area (Å²) in [4.78, 5) is 0. The molecular formula is C30H36N2O4Si. The van der Waals surface area contributed by atoms with Crippen LogP contribution in [-0.2, 0) is 16.2 Å². The van der Waals surface area contributed by atoms with Crippen molar-refractivity contribution in [2.75, 3.05) is 27.6 Å². The smallest absolute Gasteiger partial charge is 0.188 e. The molecule has 0 saturated heterocycles. The molecule has 0 amide bonds. The predicted octanol–water partition coefficient (Wildman–Crippen LogP) is 7.18. The summed E-state index contributed by atoms with van der Waals surface area (Å²) in [6.07, 6.45) is 4.17. The maximum absolute atomic E-state index is 6.08. The average Bonchev–Trinajstić information content (AvgIpc) is 3.26. The molecule has 6 nitrogen and oxygen atoms in total. The maximum Gasteiger partial charge on any atom is 0.188 e. The monoisotopic (exact) mass is 516 g/mol. The van der Waals surface area contributed by atoms with Crippen LogP contribution in [0.2, 0.25) is 25.7 Å². The summed E-state index contributed by atoms with van der Waals surface area (Å²) >= 11 is 0. The molecule has 0 bridgehead atoms. The van der Waals surface area contributed by atoms with Gasteiger partial charge in [-0.15, -0.1) is 0 Å². The van der Waals surface area contributed by atoms with E-state index >= 15 is 0 Å². The molecule has 7 heteroatoms. The van der Waals surface area contributed by atoms with Crippen molar-refractivity contribution in [2.45, 2.75) is 32.4 Å². The average molecular weight is 517 g/mol. The Balaban J connectivity index is 1.75. The van der Waals surface area contributed by atoms with E-state index in [0.29, 0.717) is 18.2 Å². The lowest BCUT2D eigenvalue weighted by Gasteiger charge is -2.15. The standard InChI is InChI=1S/C30H36N2O4Si/c1-33-22-36-28-17-15-24(20-29(28)34-2)25-12-9-13-27-30(25)26(16-14-23-10-7-6-8-11-23)31-32(27)21-35-18-19-37(3,4)5/h6-17,20H,18-19,21-22H2,1-5H3/b16-14+. The van der Waals surface area contributed by atoms with Crippen molar-refractivity contribution in [1.29, 1.82) is 0 Å². The molecule has 1 heterocycles. The molecule has 4 aromatic rings. The van der Waals surface area contributed by atoms with Gasteiger partial charge in [0, 0.05) is 27.2 Å². The van der Waals surface area contributed by atoms with E-state index in [1.54, 1.807) is 14.2 Å². The summed E-state index contributed by atoms with van der Waals surface area (Å²) in [6, 6.07) is 23.6. The summed E-state index contributed by atoms with van der Waals surface area (Å²) in [7, 11) is 2.07. The van der Waals surface area contributed by atoms with Gasteiger partial charge in [0.05, 0.1) is 18.3 Å². The summed E-state index contributed by atoms with van der Waals surface area (Å²) in [5, 5.41) is 6.03. The number of rotatable bonds is 12. The molecule has 0 fully saturated rings. The maximum atomic E-state index is 6.08. The highest BCUT2D eigenvalue weighted by atomic mass is 28.3. The first-order valence-corrected chi connectivity index (χ1v) is 16.2. The highest BCUT2D eigenvalue weighted by Gasteiger charge is 2.17. The SMILES string of the molecule is COCOc1ccc(-c2cccc3c2c(/C=C/c2ccccc2)nn3COCC[Si](C)(C)C)cc1OC. The number of nitrogens with zero attached hydrogens (tertiary/aromatic N) is 2. The number of hydrogen-bond donors (Lipinski definition) is 0. The van der Waals surface area contributed by atoms with Crippen LogP contribution in [0.4, 0.5) is 0 Å². The summed E-state index contributed by atoms with van der Waals surface area (Å²) in [5.41, 5.74) is 5.12. The molecule has 4 rings (SSSR count). The van der Waals surface area contributed by atoms with E-state index in [9.17, 15) is 0 Å². The largest absolute Gasteiger partial charge is 0.493 e. The lowest BCUT2D eigenvalue weighted by atomic mass is 9.99. The number of ether oxygens (including phenoxy) is 4. The van der Waals surface area contributed by atoms with Crippen molar-refractivity contribution in [3.05, 3.63) is 78.0 Å². The Bertz CT molecular complexity index is 1340. The van der Waals surface area contributed by atoms with Gasteiger partial charge in [-0.25, -0.2) is 4.68 Å². The summed E-state index contributed by atoms with van der Waals surface area (Å²) < 4.78 is 24.4. The zero-order valence-corrected chi connectivity index (χ0v) is 23.4. The first kappa shape index (κ1) is 26.7. The molecule has 3 aromatic carbocycles. The second kappa shape index (κ2) is 12.2. The third kappa shape index (κ3) is 6.89. The minimum atomic E-state index is -1.17. The number of benzene rings is 3. The van der Waals surface area contributed by atoms with Crippen LogP contribution in [0.25, 0.3) is 34.2 Å². The highest BCUT2D eigenvalue weighted by molar-refractivity contribution is 6.76. The molecular weight excluding hydrogens is 480 g/mol. The minimum Gasteiger partial charge on any atom is -0.493 e. The van der Waals surface area contributed by atoms with E-state index in [4.69, 9.17) is 24.0 Å². The van der Waals surface area contributed by atoms with Gasteiger partial charge >= 0.3 is 0 Å². The van der Waals surface area contributed by atoms with E-state index in [0.717, 1.165) is 45.9 Å². The van der Waals surface area contributed by atoms with Gasteiger partial charge in [0.1, 0.15) is 6.73 Å². The molecule has 37 heavy (non-hydrogen) atoms. The molecule has 0 aliphatic heterocycles. The Morgan fingerprint density at radius 3 is 2.43 bits per heavy atom. The number of fused-ring (bicyclic) bond motifs is 1. The zero-order valence-electron chi connectivity index (χ0n) is 22.4. The molecule has 194 valence electrons. The molecule has 0 unspecified atom stereocenters. The van der Waals surface area contributed by atoms with Gasteiger partial charge in [-0.2, -0.15) is 5.10 Å². The van der Waals surface area contributed by atoms with Crippen LogP contribution in [0.5, 0.6) is 11.5 Å². The van der Waals surface area contributed by atoms with Gasteiger partial charge in [0.15, 0.2) is 18.3 Å². The van der Waals surface area contributed by atoms with Crippen LogP contribution < -0.4 is 9.47 Å². The van der Waals surface area contributed by atoms with Crippen LogP contribution >= 0.6 is 0 Å². The number of aromatic nitrogens is 2. The lowest BCUT2D eigenvalue weighted by Crippen LogP contribution is -2.22. The fraction of sp³-hybridized carbons (Fsp3) is 0.300. The van der Waals surface area contributed by atoms with Crippen molar-refractivity contribution in [1.82, 2.24) is 9.78 Å². The molecule has 0 radical (unpaired) electrons. The fourth-order valence-corrected chi connectivity index (χ4v) is 4.82. The molecule has 1 aromatic heterocycles. The molecule has 0 aliphatic rings. The summed E-state index contributed by atoms with van der Waals surface area (Å²) in [5.74, 6) is 1.28. The van der Waals surface area contributed by atoms with Gasteiger partial charge in [-0.3, -0.25) is 0 Å². The minimum absolute atomic E-state index is 0.157. The molecule has 0 spiro atoms. The molecule has 0 saturated carbocycles. The van der Waals surface area contributed by atoms with Crippen LogP contribution in [-0.4, -0.2) is 45.5 Å². The van der Waals surface area contributed by atoms with Crippen molar-refractivity contribution in [3.63, 3.8) is 0 Å². The topological polar surface area (TPSA) is 54.7 Å². The number of hydrogen-bond acceptors (Lipinski definition) is 5. The summed E-state index contributed by atoms with van der Waals surface area (Å²) in [6.45, 7) is 8.39.